The number of carbonyl (C=O) groups is 1. The lowest BCUT2D eigenvalue weighted by molar-refractivity contribution is -0.126. The van der Waals surface area contributed by atoms with Crippen molar-refractivity contribution in [1.29, 1.82) is 0 Å². The SMILES string of the molecule is Cn1cccc1[C@H](CNC(=O)C1CCN(S(C)(=O)=O)CC1)N1CCc2ccccc2C1. The van der Waals surface area contributed by atoms with Gasteiger partial charge in [0.2, 0.25) is 15.9 Å². The summed E-state index contributed by atoms with van der Waals surface area (Å²) in [5.74, 6) is -0.0982. The van der Waals surface area contributed by atoms with E-state index in [-0.39, 0.29) is 17.9 Å². The number of nitrogens with one attached hydrogen (secondary N) is 1. The Morgan fingerprint density at radius 1 is 1.10 bits per heavy atom. The van der Waals surface area contributed by atoms with Gasteiger partial charge in [-0.1, -0.05) is 24.3 Å². The van der Waals surface area contributed by atoms with Gasteiger partial charge in [0.15, 0.2) is 0 Å². The maximum Gasteiger partial charge on any atom is 0.223 e. The Kier molecular flexibility index (Phi) is 6.50. The van der Waals surface area contributed by atoms with Crippen LogP contribution in [0.4, 0.5) is 0 Å². The molecule has 4 rings (SSSR count). The quantitative estimate of drug-likeness (QED) is 0.739. The average Bonchev–Trinajstić information content (AvgIpc) is 3.19. The van der Waals surface area contributed by atoms with Gasteiger partial charge >= 0.3 is 0 Å². The van der Waals surface area contributed by atoms with Crippen molar-refractivity contribution in [3.05, 3.63) is 59.4 Å². The lowest BCUT2D eigenvalue weighted by Gasteiger charge is -2.36. The van der Waals surface area contributed by atoms with Crippen LogP contribution in [-0.4, -0.2) is 60.5 Å². The van der Waals surface area contributed by atoms with Crippen LogP contribution in [-0.2, 0) is 34.8 Å². The summed E-state index contributed by atoms with van der Waals surface area (Å²) in [7, 11) is -1.14. The number of sulfonamides is 1. The second kappa shape index (κ2) is 9.14. The van der Waals surface area contributed by atoms with Crippen LogP contribution in [0.15, 0.2) is 42.6 Å². The predicted octanol–water partition coefficient (Wildman–Crippen LogP) is 1.91. The molecular weight excluding hydrogens is 412 g/mol. The number of benzene rings is 1. The van der Waals surface area contributed by atoms with Crippen LogP contribution in [0.3, 0.4) is 0 Å². The Morgan fingerprint density at radius 2 is 1.81 bits per heavy atom. The molecule has 1 amide bonds. The molecule has 8 heteroatoms. The minimum absolute atomic E-state index is 0.0322. The van der Waals surface area contributed by atoms with Gasteiger partial charge in [-0.3, -0.25) is 9.69 Å². The van der Waals surface area contributed by atoms with Gasteiger partial charge in [-0.05, 0) is 42.5 Å². The predicted molar refractivity (Wildman–Crippen MR) is 121 cm³/mol. The summed E-state index contributed by atoms with van der Waals surface area (Å²) in [5.41, 5.74) is 3.95. The van der Waals surface area contributed by atoms with E-state index in [9.17, 15) is 13.2 Å². The van der Waals surface area contributed by atoms with E-state index in [1.54, 1.807) is 0 Å². The molecule has 31 heavy (non-hydrogen) atoms. The highest BCUT2D eigenvalue weighted by atomic mass is 32.2. The number of aryl methyl sites for hydroxylation is 1. The first-order chi connectivity index (χ1) is 14.8. The molecule has 1 aromatic heterocycles. The first-order valence-corrected chi connectivity index (χ1v) is 12.8. The maximum atomic E-state index is 12.9. The van der Waals surface area contributed by atoms with Gasteiger partial charge < -0.3 is 9.88 Å². The fraction of sp³-hybridized carbons (Fsp3) is 0.522. The molecule has 1 N–H and O–H groups in total. The Morgan fingerprint density at radius 3 is 2.45 bits per heavy atom. The van der Waals surface area contributed by atoms with Crippen molar-refractivity contribution in [3.63, 3.8) is 0 Å². The summed E-state index contributed by atoms with van der Waals surface area (Å²) in [5, 5.41) is 3.18. The highest BCUT2D eigenvalue weighted by Crippen LogP contribution is 2.28. The molecule has 2 aliphatic rings. The van der Waals surface area contributed by atoms with Crippen molar-refractivity contribution in [3.8, 4) is 0 Å². The molecule has 1 aromatic carbocycles. The second-order valence-corrected chi connectivity index (χ2v) is 10.7. The van der Waals surface area contributed by atoms with E-state index in [4.69, 9.17) is 0 Å². The van der Waals surface area contributed by atoms with Gasteiger partial charge in [-0.15, -0.1) is 0 Å². The monoisotopic (exact) mass is 444 g/mol. The second-order valence-electron chi connectivity index (χ2n) is 8.73. The van der Waals surface area contributed by atoms with Gasteiger partial charge in [0.05, 0.1) is 12.3 Å². The topological polar surface area (TPSA) is 74.6 Å². The van der Waals surface area contributed by atoms with Gasteiger partial charge in [0, 0.05) is 57.6 Å². The van der Waals surface area contributed by atoms with Gasteiger partial charge in [0.25, 0.3) is 0 Å². The van der Waals surface area contributed by atoms with Crippen molar-refractivity contribution in [2.75, 3.05) is 32.4 Å². The summed E-state index contributed by atoms with van der Waals surface area (Å²) in [6.07, 6.45) is 5.43. The van der Waals surface area contributed by atoms with Crippen LogP contribution in [0.2, 0.25) is 0 Å². The van der Waals surface area contributed by atoms with Gasteiger partial charge in [-0.25, -0.2) is 12.7 Å². The number of piperidine rings is 1. The Bertz CT molecular complexity index is 1020. The third kappa shape index (κ3) is 5.02. The first kappa shape index (κ1) is 22.0. The third-order valence-electron chi connectivity index (χ3n) is 6.69. The van der Waals surface area contributed by atoms with E-state index >= 15 is 0 Å². The van der Waals surface area contributed by atoms with Gasteiger partial charge in [-0.2, -0.15) is 0 Å². The van der Waals surface area contributed by atoms with E-state index in [1.807, 2.05) is 19.3 Å². The number of nitrogens with zero attached hydrogens (tertiary/aromatic N) is 3. The molecular formula is C23H32N4O3S. The van der Waals surface area contributed by atoms with E-state index in [0.29, 0.717) is 32.5 Å². The summed E-state index contributed by atoms with van der Waals surface area (Å²) in [6.45, 7) is 3.21. The highest BCUT2D eigenvalue weighted by Gasteiger charge is 2.31. The Labute approximate surface area is 185 Å². The lowest BCUT2D eigenvalue weighted by Crippen LogP contribution is -2.45. The van der Waals surface area contributed by atoms with Crippen LogP contribution >= 0.6 is 0 Å². The zero-order chi connectivity index (χ0) is 22.0. The summed E-state index contributed by atoms with van der Waals surface area (Å²) in [4.78, 5) is 15.3. The molecule has 1 fully saturated rings. The fourth-order valence-electron chi connectivity index (χ4n) is 4.82. The van der Waals surface area contributed by atoms with Crippen molar-refractivity contribution >= 4 is 15.9 Å². The fourth-order valence-corrected chi connectivity index (χ4v) is 5.69. The van der Waals surface area contributed by atoms with E-state index in [0.717, 1.165) is 19.5 Å². The number of fused-ring (bicyclic) bond motifs is 1. The first-order valence-electron chi connectivity index (χ1n) is 11.0. The summed E-state index contributed by atoms with van der Waals surface area (Å²) in [6, 6.07) is 12.8. The standard InChI is InChI=1S/C23H32N4O3S/c1-25-12-5-8-21(25)22(26-13-9-18-6-3-4-7-20(18)17-26)16-24-23(28)19-10-14-27(15-11-19)31(2,29)30/h3-8,12,19,22H,9-11,13-17H2,1-2H3,(H,24,28)/t22-/m0/s1. The van der Waals surface area contributed by atoms with Crippen molar-refractivity contribution in [2.24, 2.45) is 13.0 Å². The van der Waals surface area contributed by atoms with Crippen molar-refractivity contribution in [1.82, 2.24) is 19.1 Å². The highest BCUT2D eigenvalue weighted by molar-refractivity contribution is 7.88. The number of aromatic nitrogens is 1. The van der Waals surface area contributed by atoms with Crippen LogP contribution in [0.5, 0.6) is 0 Å². The van der Waals surface area contributed by atoms with Crippen LogP contribution in [0, 0.1) is 5.92 Å². The largest absolute Gasteiger partial charge is 0.354 e. The molecule has 1 saturated heterocycles. The summed E-state index contributed by atoms with van der Waals surface area (Å²) < 4.78 is 27.0. The maximum absolute atomic E-state index is 12.9. The molecule has 2 aromatic rings. The minimum atomic E-state index is -3.18. The Hall–Kier alpha value is -2.16. The molecule has 7 nitrogen and oxygen atoms in total. The normalized spacial score (nSPS) is 19.7. The number of hydrogen-bond acceptors (Lipinski definition) is 4. The molecule has 1 atom stereocenters. The number of carbonyl (C=O) groups excluding carboxylic acids is 1. The average molecular weight is 445 g/mol. The summed E-state index contributed by atoms with van der Waals surface area (Å²) >= 11 is 0. The smallest absolute Gasteiger partial charge is 0.223 e. The molecule has 0 unspecified atom stereocenters. The number of amides is 1. The van der Waals surface area contributed by atoms with Gasteiger partial charge in [0.1, 0.15) is 0 Å². The van der Waals surface area contributed by atoms with E-state index in [1.165, 1.54) is 27.4 Å². The minimum Gasteiger partial charge on any atom is -0.354 e. The zero-order valence-electron chi connectivity index (χ0n) is 18.3. The molecule has 0 spiro atoms. The molecule has 0 aliphatic carbocycles. The van der Waals surface area contributed by atoms with Crippen LogP contribution < -0.4 is 5.32 Å². The van der Waals surface area contributed by atoms with E-state index in [2.05, 4.69) is 45.1 Å². The molecule has 168 valence electrons. The van der Waals surface area contributed by atoms with Crippen LogP contribution in [0.25, 0.3) is 0 Å². The van der Waals surface area contributed by atoms with Crippen molar-refractivity contribution in [2.45, 2.75) is 31.8 Å². The number of hydrogen-bond donors (Lipinski definition) is 1. The van der Waals surface area contributed by atoms with Crippen molar-refractivity contribution < 1.29 is 13.2 Å². The van der Waals surface area contributed by atoms with Crippen LogP contribution in [0.1, 0.15) is 35.7 Å². The molecule has 3 heterocycles. The molecule has 0 radical (unpaired) electrons. The lowest BCUT2D eigenvalue weighted by atomic mass is 9.96. The molecule has 0 saturated carbocycles. The zero-order valence-corrected chi connectivity index (χ0v) is 19.1. The molecule has 2 aliphatic heterocycles. The number of rotatable bonds is 6. The third-order valence-corrected chi connectivity index (χ3v) is 7.99. The molecule has 0 bridgehead atoms. The Balaban J connectivity index is 1.42. The van der Waals surface area contributed by atoms with E-state index < -0.39 is 10.0 Å².